The Morgan fingerprint density at radius 1 is 1.53 bits per heavy atom. The minimum atomic E-state index is -1.46. The lowest BCUT2D eigenvalue weighted by Crippen LogP contribution is -2.23. The highest BCUT2D eigenvalue weighted by Crippen LogP contribution is 2.20. The Balaban J connectivity index is 2.78. The molecule has 2 aromatic heterocycles. The maximum absolute atomic E-state index is 11.6. The van der Waals surface area contributed by atoms with Crippen LogP contribution in [-0.2, 0) is 7.05 Å². The molecule has 8 heteroatoms. The zero-order valence-electron chi connectivity index (χ0n) is 8.62. The van der Waals surface area contributed by atoms with E-state index in [1.807, 2.05) is 0 Å². The molecule has 0 amide bonds. The highest BCUT2D eigenvalue weighted by Gasteiger charge is 2.20. The molecule has 0 radical (unpaired) electrons. The van der Waals surface area contributed by atoms with Gasteiger partial charge >= 0.3 is 5.97 Å². The number of rotatable bonds is 2. The molecular formula is C9H7N3O4S. The van der Waals surface area contributed by atoms with Gasteiger partial charge in [0.05, 0.1) is 0 Å². The van der Waals surface area contributed by atoms with E-state index in [0.717, 1.165) is 4.57 Å². The lowest BCUT2D eigenvalue weighted by Gasteiger charge is -2.06. The van der Waals surface area contributed by atoms with Crippen LogP contribution in [0.4, 0.5) is 0 Å². The van der Waals surface area contributed by atoms with Crippen LogP contribution in [0.1, 0.15) is 10.5 Å². The summed E-state index contributed by atoms with van der Waals surface area (Å²) in [6.45, 7) is 0. The SMILES string of the molecule is Cn1c(-c2nccs2)nc(C(=O)O)c(O)c1=O. The Kier molecular flexibility index (Phi) is 2.64. The molecule has 0 aliphatic heterocycles. The molecule has 0 aliphatic carbocycles. The Hall–Kier alpha value is -2.22. The van der Waals surface area contributed by atoms with Crippen LogP contribution in [0.15, 0.2) is 16.4 Å². The largest absolute Gasteiger partial charge is 0.501 e. The normalized spacial score (nSPS) is 10.4. The number of aromatic carboxylic acids is 1. The van der Waals surface area contributed by atoms with Gasteiger partial charge in [-0.15, -0.1) is 11.3 Å². The van der Waals surface area contributed by atoms with Crippen molar-refractivity contribution < 1.29 is 15.0 Å². The molecule has 0 saturated heterocycles. The summed E-state index contributed by atoms with van der Waals surface area (Å²) in [6.07, 6.45) is 1.51. The number of aromatic hydroxyl groups is 1. The minimum absolute atomic E-state index is 0.111. The van der Waals surface area contributed by atoms with Gasteiger partial charge in [0.1, 0.15) is 0 Å². The summed E-state index contributed by atoms with van der Waals surface area (Å²) < 4.78 is 1.06. The summed E-state index contributed by atoms with van der Waals surface area (Å²) in [5.74, 6) is -2.22. The van der Waals surface area contributed by atoms with E-state index < -0.39 is 23.0 Å². The first kappa shape index (κ1) is 11.3. The van der Waals surface area contributed by atoms with Gasteiger partial charge in [-0.1, -0.05) is 0 Å². The van der Waals surface area contributed by atoms with Crippen molar-refractivity contribution in [2.75, 3.05) is 0 Å². The van der Waals surface area contributed by atoms with E-state index in [1.54, 1.807) is 5.38 Å². The summed E-state index contributed by atoms with van der Waals surface area (Å²) in [4.78, 5) is 30.1. The van der Waals surface area contributed by atoms with Crippen LogP contribution in [0, 0.1) is 0 Å². The number of nitrogens with zero attached hydrogens (tertiary/aromatic N) is 3. The molecule has 0 aromatic carbocycles. The average molecular weight is 253 g/mol. The lowest BCUT2D eigenvalue weighted by molar-refractivity contribution is 0.0686. The van der Waals surface area contributed by atoms with E-state index in [0.29, 0.717) is 5.01 Å². The van der Waals surface area contributed by atoms with Gasteiger partial charge in [0.15, 0.2) is 16.5 Å². The lowest BCUT2D eigenvalue weighted by atomic mass is 10.3. The Bertz CT molecular complexity index is 632. The smallest absolute Gasteiger partial charge is 0.358 e. The topological polar surface area (TPSA) is 105 Å². The first-order valence-electron chi connectivity index (χ1n) is 4.45. The van der Waals surface area contributed by atoms with Crippen LogP contribution in [0.2, 0.25) is 0 Å². The molecule has 0 fully saturated rings. The third kappa shape index (κ3) is 1.78. The molecule has 0 saturated carbocycles. The van der Waals surface area contributed by atoms with Gasteiger partial charge < -0.3 is 10.2 Å². The van der Waals surface area contributed by atoms with Crippen molar-refractivity contribution in [3.63, 3.8) is 0 Å². The van der Waals surface area contributed by atoms with Gasteiger partial charge in [0.25, 0.3) is 5.56 Å². The second-order valence-corrected chi connectivity index (χ2v) is 4.03. The number of aromatic nitrogens is 3. The van der Waals surface area contributed by atoms with E-state index in [2.05, 4.69) is 9.97 Å². The molecule has 0 spiro atoms. The molecule has 0 atom stereocenters. The van der Waals surface area contributed by atoms with E-state index in [1.165, 1.54) is 24.6 Å². The number of carboxylic acid groups (broad SMARTS) is 1. The van der Waals surface area contributed by atoms with Gasteiger partial charge in [0, 0.05) is 18.6 Å². The summed E-state index contributed by atoms with van der Waals surface area (Å²) >= 11 is 1.22. The zero-order valence-corrected chi connectivity index (χ0v) is 9.43. The molecule has 0 bridgehead atoms. The number of carboxylic acids is 1. The second-order valence-electron chi connectivity index (χ2n) is 3.14. The summed E-state index contributed by atoms with van der Waals surface area (Å²) in [5, 5.41) is 20.3. The van der Waals surface area contributed by atoms with E-state index in [9.17, 15) is 14.7 Å². The van der Waals surface area contributed by atoms with Gasteiger partial charge in [-0.25, -0.2) is 14.8 Å². The minimum Gasteiger partial charge on any atom is -0.501 e. The fraction of sp³-hybridized carbons (Fsp3) is 0.111. The predicted molar refractivity (Wildman–Crippen MR) is 59.2 cm³/mol. The van der Waals surface area contributed by atoms with Crippen molar-refractivity contribution in [3.8, 4) is 16.6 Å². The van der Waals surface area contributed by atoms with Gasteiger partial charge in [0.2, 0.25) is 5.75 Å². The zero-order chi connectivity index (χ0) is 12.6. The van der Waals surface area contributed by atoms with Crippen molar-refractivity contribution in [2.24, 2.45) is 7.05 Å². The predicted octanol–water partition coefficient (Wildman–Crippen LogP) is 0.308. The third-order valence-electron chi connectivity index (χ3n) is 2.09. The van der Waals surface area contributed by atoms with Crippen LogP contribution in [-0.4, -0.2) is 30.7 Å². The molecule has 88 valence electrons. The standard InChI is InChI=1S/C9H7N3O4S/c1-12-6(7-10-2-3-17-7)11-4(9(15)16)5(13)8(12)14/h2-3,13H,1H3,(H,15,16). The van der Waals surface area contributed by atoms with Gasteiger partial charge in [-0.2, -0.15) is 0 Å². The molecule has 0 aliphatic rings. The monoisotopic (exact) mass is 253 g/mol. The van der Waals surface area contributed by atoms with Crippen molar-refractivity contribution in [2.45, 2.75) is 0 Å². The molecule has 2 heterocycles. The molecular weight excluding hydrogens is 246 g/mol. The van der Waals surface area contributed by atoms with E-state index in [-0.39, 0.29) is 5.82 Å². The third-order valence-corrected chi connectivity index (χ3v) is 2.86. The Morgan fingerprint density at radius 2 is 2.24 bits per heavy atom. The highest BCUT2D eigenvalue weighted by molar-refractivity contribution is 7.13. The average Bonchev–Trinajstić information content (AvgIpc) is 2.79. The summed E-state index contributed by atoms with van der Waals surface area (Å²) in [5.41, 5.74) is -1.49. The van der Waals surface area contributed by atoms with Crippen LogP contribution in [0.25, 0.3) is 10.8 Å². The molecule has 7 nitrogen and oxygen atoms in total. The fourth-order valence-corrected chi connectivity index (χ4v) is 1.92. The first-order chi connectivity index (χ1) is 8.02. The molecule has 2 rings (SSSR count). The van der Waals surface area contributed by atoms with Crippen molar-refractivity contribution in [1.82, 2.24) is 14.5 Å². The fourth-order valence-electron chi connectivity index (χ4n) is 1.26. The van der Waals surface area contributed by atoms with Crippen molar-refractivity contribution >= 4 is 17.3 Å². The second kappa shape index (κ2) is 3.98. The first-order valence-corrected chi connectivity index (χ1v) is 5.33. The van der Waals surface area contributed by atoms with Crippen molar-refractivity contribution in [3.05, 3.63) is 27.6 Å². The maximum Gasteiger partial charge on any atom is 0.358 e. The quantitative estimate of drug-likeness (QED) is 0.797. The van der Waals surface area contributed by atoms with Gasteiger partial charge in [-0.3, -0.25) is 9.36 Å². The molecule has 2 aromatic rings. The molecule has 17 heavy (non-hydrogen) atoms. The number of hydrogen-bond donors (Lipinski definition) is 2. The Morgan fingerprint density at radius 3 is 2.76 bits per heavy atom. The number of hydrogen-bond acceptors (Lipinski definition) is 6. The summed E-state index contributed by atoms with van der Waals surface area (Å²) in [7, 11) is 1.39. The maximum atomic E-state index is 11.6. The summed E-state index contributed by atoms with van der Waals surface area (Å²) in [6, 6.07) is 0. The van der Waals surface area contributed by atoms with Crippen molar-refractivity contribution in [1.29, 1.82) is 0 Å². The van der Waals surface area contributed by atoms with Gasteiger partial charge in [-0.05, 0) is 0 Å². The Labute approximate surface area is 98.6 Å². The number of thiazole rings is 1. The van der Waals surface area contributed by atoms with Crippen LogP contribution in [0.3, 0.4) is 0 Å². The van der Waals surface area contributed by atoms with E-state index in [4.69, 9.17) is 5.11 Å². The molecule has 2 N–H and O–H groups in total. The van der Waals surface area contributed by atoms with Crippen LogP contribution in [0.5, 0.6) is 5.75 Å². The van der Waals surface area contributed by atoms with Crippen LogP contribution < -0.4 is 5.56 Å². The van der Waals surface area contributed by atoms with Crippen LogP contribution >= 0.6 is 11.3 Å². The van der Waals surface area contributed by atoms with E-state index >= 15 is 0 Å². The number of carbonyl (C=O) groups is 1. The molecule has 0 unspecified atom stereocenters. The highest BCUT2D eigenvalue weighted by atomic mass is 32.1.